The summed E-state index contributed by atoms with van der Waals surface area (Å²) in [6.07, 6.45) is 3.06. The highest BCUT2D eigenvalue weighted by atomic mass is 32.2. The Kier molecular flexibility index (Phi) is 4.99. The van der Waals surface area contributed by atoms with E-state index in [9.17, 15) is 4.79 Å². The summed E-state index contributed by atoms with van der Waals surface area (Å²) in [5.41, 5.74) is 0. The van der Waals surface area contributed by atoms with Crippen LogP contribution in [0.5, 0.6) is 0 Å². The maximum atomic E-state index is 12.2. The smallest absolute Gasteiger partial charge is 0.137 e. The van der Waals surface area contributed by atoms with E-state index in [1.165, 1.54) is 5.75 Å². The van der Waals surface area contributed by atoms with Crippen molar-refractivity contribution in [2.24, 2.45) is 17.8 Å². The van der Waals surface area contributed by atoms with Gasteiger partial charge in [0.1, 0.15) is 5.78 Å². The number of thioether (sulfide) groups is 1. The number of carbonyl (C=O) groups is 1. The van der Waals surface area contributed by atoms with Gasteiger partial charge < -0.3 is 4.90 Å². The molecule has 0 spiro atoms. The molecule has 0 amide bonds. The molecule has 0 N–H and O–H groups in total. The number of hydrogen-bond acceptors (Lipinski definition) is 3. The third-order valence-electron chi connectivity index (χ3n) is 4.73. The Morgan fingerprint density at radius 1 is 1.42 bits per heavy atom. The molecular formula is C16H29NOS. The van der Waals surface area contributed by atoms with Gasteiger partial charge in [-0.05, 0) is 38.5 Å². The van der Waals surface area contributed by atoms with Gasteiger partial charge in [-0.3, -0.25) is 4.79 Å². The predicted molar refractivity (Wildman–Crippen MR) is 83.7 cm³/mol. The second kappa shape index (κ2) is 6.17. The van der Waals surface area contributed by atoms with Gasteiger partial charge in [-0.25, -0.2) is 0 Å². The Hall–Kier alpha value is -0.0200. The van der Waals surface area contributed by atoms with Crippen molar-refractivity contribution < 1.29 is 4.79 Å². The van der Waals surface area contributed by atoms with Crippen molar-refractivity contribution in [1.82, 2.24) is 4.90 Å². The molecule has 2 nitrogen and oxygen atoms in total. The van der Waals surface area contributed by atoms with Crippen LogP contribution in [0.4, 0.5) is 0 Å². The highest BCUT2D eigenvalue weighted by Crippen LogP contribution is 2.34. The Morgan fingerprint density at radius 3 is 2.79 bits per heavy atom. The summed E-state index contributed by atoms with van der Waals surface area (Å²) in [6, 6.07) is 0. The minimum absolute atomic E-state index is 0.306. The second-order valence-corrected chi connectivity index (χ2v) is 9.09. The van der Waals surface area contributed by atoms with Gasteiger partial charge in [0, 0.05) is 42.5 Å². The molecule has 2 unspecified atom stereocenters. The Labute approximate surface area is 122 Å². The minimum atomic E-state index is 0.306. The van der Waals surface area contributed by atoms with Crippen LogP contribution in [0.15, 0.2) is 0 Å². The first-order chi connectivity index (χ1) is 8.87. The van der Waals surface area contributed by atoms with E-state index in [2.05, 4.69) is 44.4 Å². The molecule has 1 saturated heterocycles. The first-order valence-corrected chi connectivity index (χ1v) is 8.75. The fourth-order valence-corrected chi connectivity index (χ4v) is 4.69. The quantitative estimate of drug-likeness (QED) is 0.791. The number of rotatable bonds is 3. The van der Waals surface area contributed by atoms with Crippen molar-refractivity contribution in [3.63, 3.8) is 0 Å². The van der Waals surface area contributed by atoms with Gasteiger partial charge in [-0.15, -0.1) is 0 Å². The van der Waals surface area contributed by atoms with Crippen molar-refractivity contribution in [1.29, 1.82) is 0 Å². The molecule has 0 aromatic heterocycles. The first kappa shape index (κ1) is 15.4. The maximum Gasteiger partial charge on any atom is 0.137 e. The van der Waals surface area contributed by atoms with Gasteiger partial charge in [0.15, 0.2) is 0 Å². The lowest BCUT2D eigenvalue weighted by Crippen LogP contribution is -2.47. The third kappa shape index (κ3) is 4.22. The molecule has 2 rings (SSSR count). The van der Waals surface area contributed by atoms with Gasteiger partial charge >= 0.3 is 0 Å². The molecule has 0 aromatic carbocycles. The lowest BCUT2D eigenvalue weighted by molar-refractivity contribution is -0.126. The molecule has 0 radical (unpaired) electrons. The summed E-state index contributed by atoms with van der Waals surface area (Å²) in [6.45, 7) is 12.5. The summed E-state index contributed by atoms with van der Waals surface area (Å²) in [7, 11) is 0. The molecule has 1 aliphatic carbocycles. The van der Waals surface area contributed by atoms with Crippen LogP contribution in [-0.2, 0) is 4.79 Å². The van der Waals surface area contributed by atoms with Gasteiger partial charge in [0.25, 0.3) is 0 Å². The lowest BCUT2D eigenvalue weighted by Gasteiger charge is -2.40. The van der Waals surface area contributed by atoms with Crippen molar-refractivity contribution in [3.05, 3.63) is 0 Å². The number of ketones is 1. The SMILES string of the molecule is CC(C)C1CCC(=O)C(CN2CCSC(C)(C)C2)C1. The van der Waals surface area contributed by atoms with E-state index in [0.29, 0.717) is 16.4 Å². The Morgan fingerprint density at radius 2 is 2.16 bits per heavy atom. The van der Waals surface area contributed by atoms with Crippen molar-refractivity contribution in [2.45, 2.75) is 51.7 Å². The Bertz CT molecular complexity index is 327. The lowest BCUT2D eigenvalue weighted by atomic mass is 9.75. The predicted octanol–water partition coefficient (Wildman–Crippen LogP) is 3.46. The summed E-state index contributed by atoms with van der Waals surface area (Å²) < 4.78 is 0.355. The molecule has 110 valence electrons. The molecule has 1 aliphatic heterocycles. The molecule has 3 heteroatoms. The van der Waals surface area contributed by atoms with E-state index in [1.54, 1.807) is 0 Å². The van der Waals surface area contributed by atoms with E-state index < -0.39 is 0 Å². The topological polar surface area (TPSA) is 20.3 Å². The van der Waals surface area contributed by atoms with Gasteiger partial charge in [0.2, 0.25) is 0 Å². The van der Waals surface area contributed by atoms with E-state index in [-0.39, 0.29) is 0 Å². The van der Waals surface area contributed by atoms with Gasteiger partial charge in [-0.2, -0.15) is 11.8 Å². The van der Waals surface area contributed by atoms with Crippen molar-refractivity contribution in [2.75, 3.05) is 25.4 Å². The van der Waals surface area contributed by atoms with Crippen LogP contribution in [0.2, 0.25) is 0 Å². The van der Waals surface area contributed by atoms with E-state index in [0.717, 1.165) is 50.7 Å². The molecule has 0 aromatic rings. The summed E-state index contributed by atoms with van der Waals surface area (Å²) in [5.74, 6) is 3.52. The van der Waals surface area contributed by atoms with E-state index >= 15 is 0 Å². The molecule has 2 aliphatic rings. The van der Waals surface area contributed by atoms with E-state index in [4.69, 9.17) is 0 Å². The van der Waals surface area contributed by atoms with Gasteiger partial charge in [0.05, 0.1) is 0 Å². The van der Waals surface area contributed by atoms with Gasteiger partial charge in [-0.1, -0.05) is 13.8 Å². The first-order valence-electron chi connectivity index (χ1n) is 7.76. The monoisotopic (exact) mass is 283 g/mol. The zero-order chi connectivity index (χ0) is 14.0. The molecular weight excluding hydrogens is 254 g/mol. The standard InChI is InChI=1S/C16H29NOS/c1-12(2)13-5-6-15(18)14(9-13)10-17-7-8-19-16(3,4)11-17/h12-14H,5-11H2,1-4H3. The average molecular weight is 283 g/mol. The molecule has 0 bridgehead atoms. The summed E-state index contributed by atoms with van der Waals surface area (Å²) in [4.78, 5) is 14.7. The molecule has 2 fully saturated rings. The minimum Gasteiger partial charge on any atom is -0.300 e. The van der Waals surface area contributed by atoms with Crippen LogP contribution in [0.3, 0.4) is 0 Å². The fraction of sp³-hybridized carbons (Fsp3) is 0.938. The fourth-order valence-electron chi connectivity index (χ4n) is 3.51. The second-order valence-electron chi connectivity index (χ2n) is 7.28. The highest BCUT2D eigenvalue weighted by Gasteiger charge is 2.34. The van der Waals surface area contributed by atoms with Crippen molar-refractivity contribution >= 4 is 17.5 Å². The molecule has 2 atom stereocenters. The van der Waals surface area contributed by atoms with Crippen LogP contribution < -0.4 is 0 Å². The Balaban J connectivity index is 1.91. The number of nitrogens with zero attached hydrogens (tertiary/aromatic N) is 1. The van der Waals surface area contributed by atoms with Crippen LogP contribution in [0, 0.1) is 17.8 Å². The maximum absolute atomic E-state index is 12.2. The zero-order valence-electron chi connectivity index (χ0n) is 12.9. The van der Waals surface area contributed by atoms with Crippen LogP contribution in [0.1, 0.15) is 47.0 Å². The normalized spacial score (nSPS) is 32.8. The van der Waals surface area contributed by atoms with Crippen LogP contribution >= 0.6 is 11.8 Å². The average Bonchev–Trinajstić information content (AvgIpc) is 2.30. The van der Waals surface area contributed by atoms with Crippen LogP contribution in [-0.4, -0.2) is 40.8 Å². The number of Topliss-reactive ketones (excluding diaryl/α,β-unsaturated/α-hetero) is 1. The third-order valence-corrected chi connectivity index (χ3v) is 6.03. The van der Waals surface area contributed by atoms with Crippen LogP contribution in [0.25, 0.3) is 0 Å². The number of carbonyl (C=O) groups excluding carboxylic acids is 1. The highest BCUT2D eigenvalue weighted by molar-refractivity contribution is 8.00. The molecule has 1 saturated carbocycles. The summed E-state index contributed by atoms with van der Waals surface area (Å²) in [5, 5.41) is 0. The number of hydrogen-bond donors (Lipinski definition) is 0. The van der Waals surface area contributed by atoms with Crippen molar-refractivity contribution in [3.8, 4) is 0 Å². The molecule has 19 heavy (non-hydrogen) atoms. The van der Waals surface area contributed by atoms with E-state index in [1.807, 2.05) is 0 Å². The molecule has 1 heterocycles. The summed E-state index contributed by atoms with van der Waals surface area (Å²) >= 11 is 2.07. The zero-order valence-corrected chi connectivity index (χ0v) is 13.8. The largest absolute Gasteiger partial charge is 0.300 e.